The average molecular weight is 510 g/mol. The Balaban J connectivity index is 0.00000280. The maximum absolute atomic E-state index is 12.5. The zero-order chi connectivity index (χ0) is 19.1. The lowest BCUT2D eigenvalue weighted by atomic mass is 9.81. The molecule has 1 atom stereocenters. The van der Waals surface area contributed by atoms with E-state index in [9.17, 15) is 9.90 Å². The fourth-order valence-electron chi connectivity index (χ4n) is 3.95. The van der Waals surface area contributed by atoms with Gasteiger partial charge in [0.1, 0.15) is 6.10 Å². The van der Waals surface area contributed by atoms with E-state index in [0.29, 0.717) is 39.5 Å². The summed E-state index contributed by atoms with van der Waals surface area (Å²) < 4.78 is 11.0. The van der Waals surface area contributed by atoms with Crippen LogP contribution in [-0.2, 0) is 14.3 Å². The van der Waals surface area contributed by atoms with Gasteiger partial charge in [0.05, 0.1) is 13.2 Å². The van der Waals surface area contributed by atoms with Crippen LogP contribution in [0.4, 0.5) is 0 Å². The number of aliphatic hydroxyl groups is 1. The van der Waals surface area contributed by atoms with Gasteiger partial charge in [0.25, 0.3) is 5.91 Å². The van der Waals surface area contributed by atoms with Gasteiger partial charge in [0.15, 0.2) is 5.96 Å². The van der Waals surface area contributed by atoms with Gasteiger partial charge in [-0.3, -0.25) is 9.79 Å². The molecule has 0 aliphatic carbocycles. The molecule has 0 bridgehead atoms. The van der Waals surface area contributed by atoms with E-state index in [4.69, 9.17) is 14.5 Å². The van der Waals surface area contributed by atoms with Crippen LogP contribution in [0.3, 0.4) is 0 Å². The highest BCUT2D eigenvalue weighted by Gasteiger charge is 2.33. The maximum atomic E-state index is 12.5. The van der Waals surface area contributed by atoms with Crippen molar-refractivity contribution >= 4 is 35.8 Å². The Kier molecular flexibility index (Phi) is 9.72. The second-order valence-corrected chi connectivity index (χ2v) is 7.75. The highest BCUT2D eigenvalue weighted by atomic mass is 127. The summed E-state index contributed by atoms with van der Waals surface area (Å²) in [5.74, 6) is 1.01. The summed E-state index contributed by atoms with van der Waals surface area (Å²) in [7, 11) is 0. The number of hydrogen-bond donors (Lipinski definition) is 2. The summed E-state index contributed by atoms with van der Waals surface area (Å²) >= 11 is 0. The molecule has 28 heavy (non-hydrogen) atoms. The fourth-order valence-corrected chi connectivity index (χ4v) is 3.95. The number of aliphatic hydroxyl groups excluding tert-OH is 1. The number of carbonyl (C=O) groups is 1. The van der Waals surface area contributed by atoms with Crippen molar-refractivity contribution in [3.63, 3.8) is 0 Å². The van der Waals surface area contributed by atoms with Crippen LogP contribution in [0.1, 0.15) is 32.6 Å². The molecule has 0 aromatic rings. The first-order valence-corrected chi connectivity index (χ1v) is 10.3. The van der Waals surface area contributed by atoms with Crippen LogP contribution in [0.5, 0.6) is 0 Å². The van der Waals surface area contributed by atoms with Crippen molar-refractivity contribution < 1.29 is 19.4 Å². The molecule has 3 rings (SSSR count). The lowest BCUT2D eigenvalue weighted by Crippen LogP contribution is -2.55. The maximum Gasteiger partial charge on any atom is 0.251 e. The van der Waals surface area contributed by atoms with Crippen molar-refractivity contribution in [3.8, 4) is 0 Å². The van der Waals surface area contributed by atoms with Gasteiger partial charge in [-0.25, -0.2) is 0 Å². The number of aliphatic imine (C=N–C) groups is 1. The first kappa shape index (κ1) is 23.6. The van der Waals surface area contributed by atoms with Crippen LogP contribution in [0.25, 0.3) is 0 Å². The highest BCUT2D eigenvalue weighted by molar-refractivity contribution is 14.0. The minimum Gasteiger partial charge on any atom is -0.396 e. The van der Waals surface area contributed by atoms with Gasteiger partial charge < -0.3 is 29.7 Å². The minimum atomic E-state index is -0.239. The predicted molar refractivity (Wildman–Crippen MR) is 118 cm³/mol. The zero-order valence-electron chi connectivity index (χ0n) is 16.9. The molecule has 9 heteroatoms. The number of amides is 1. The first-order chi connectivity index (χ1) is 13.2. The lowest BCUT2D eigenvalue weighted by molar-refractivity contribution is -0.142. The third-order valence-corrected chi connectivity index (χ3v) is 5.88. The number of hydrogen-bond acceptors (Lipinski definition) is 5. The standard InChI is InChI=1S/C19H34N4O4.HI/c1-2-20-18(21-14-19(15-24)5-12-26-13-6-19)23-9-7-22(8-10-23)17(25)16-4-3-11-27-16;/h16,24H,2-15H2,1H3,(H,20,21);1H. The molecule has 3 aliphatic rings. The molecule has 0 radical (unpaired) electrons. The Labute approximate surface area is 185 Å². The number of rotatable bonds is 5. The van der Waals surface area contributed by atoms with Crippen LogP contribution in [0, 0.1) is 5.41 Å². The van der Waals surface area contributed by atoms with E-state index in [1.807, 2.05) is 4.90 Å². The zero-order valence-corrected chi connectivity index (χ0v) is 19.2. The van der Waals surface area contributed by atoms with E-state index >= 15 is 0 Å². The summed E-state index contributed by atoms with van der Waals surface area (Å²) in [4.78, 5) is 21.5. The second-order valence-electron chi connectivity index (χ2n) is 7.75. The van der Waals surface area contributed by atoms with Crippen molar-refractivity contribution in [1.82, 2.24) is 15.1 Å². The number of nitrogens with zero attached hydrogens (tertiary/aromatic N) is 3. The van der Waals surface area contributed by atoms with E-state index in [-0.39, 0.29) is 48.0 Å². The van der Waals surface area contributed by atoms with Gasteiger partial charge in [-0.2, -0.15) is 0 Å². The summed E-state index contributed by atoms with van der Waals surface area (Å²) in [6.45, 7) is 8.60. The third kappa shape index (κ3) is 5.93. The molecule has 2 N–H and O–H groups in total. The van der Waals surface area contributed by atoms with E-state index in [0.717, 1.165) is 51.3 Å². The molecule has 1 unspecified atom stereocenters. The smallest absolute Gasteiger partial charge is 0.251 e. The van der Waals surface area contributed by atoms with Gasteiger partial charge in [0, 0.05) is 58.0 Å². The van der Waals surface area contributed by atoms with Crippen LogP contribution in [-0.4, -0.2) is 98.6 Å². The Morgan fingerprint density at radius 1 is 1.18 bits per heavy atom. The molecule has 3 aliphatic heterocycles. The van der Waals surface area contributed by atoms with Gasteiger partial charge in [-0.1, -0.05) is 0 Å². The lowest BCUT2D eigenvalue weighted by Gasteiger charge is -2.38. The van der Waals surface area contributed by atoms with Crippen molar-refractivity contribution in [1.29, 1.82) is 0 Å². The summed E-state index contributed by atoms with van der Waals surface area (Å²) in [6, 6.07) is 0. The number of carbonyl (C=O) groups excluding carboxylic acids is 1. The number of halogens is 1. The molecule has 0 spiro atoms. The first-order valence-electron chi connectivity index (χ1n) is 10.3. The summed E-state index contributed by atoms with van der Waals surface area (Å²) in [6.07, 6.45) is 3.27. The fraction of sp³-hybridized carbons (Fsp3) is 0.895. The highest BCUT2D eigenvalue weighted by Crippen LogP contribution is 2.30. The monoisotopic (exact) mass is 510 g/mol. The topological polar surface area (TPSA) is 86.6 Å². The average Bonchev–Trinajstić information content (AvgIpc) is 3.26. The molecule has 1 amide bonds. The SMILES string of the molecule is CCNC(=NCC1(CO)CCOCC1)N1CCN(C(=O)C2CCCO2)CC1.I. The van der Waals surface area contributed by atoms with Crippen molar-refractivity contribution in [2.24, 2.45) is 10.4 Å². The third-order valence-electron chi connectivity index (χ3n) is 5.88. The van der Waals surface area contributed by atoms with E-state index < -0.39 is 0 Å². The Bertz CT molecular complexity index is 514. The van der Waals surface area contributed by atoms with Crippen LogP contribution in [0.2, 0.25) is 0 Å². The summed E-state index contributed by atoms with van der Waals surface area (Å²) in [5.41, 5.74) is -0.170. The normalized spacial score (nSPS) is 25.4. The number of guanidine groups is 1. The molecular weight excluding hydrogens is 475 g/mol. The second kappa shape index (κ2) is 11.5. The molecule has 0 saturated carbocycles. The number of ether oxygens (including phenoxy) is 2. The Morgan fingerprint density at radius 2 is 1.86 bits per heavy atom. The molecule has 8 nitrogen and oxygen atoms in total. The van der Waals surface area contributed by atoms with Gasteiger partial charge >= 0.3 is 0 Å². The summed E-state index contributed by atoms with van der Waals surface area (Å²) in [5, 5.41) is 13.2. The van der Waals surface area contributed by atoms with Crippen molar-refractivity contribution in [2.45, 2.75) is 38.7 Å². The largest absolute Gasteiger partial charge is 0.396 e. The van der Waals surface area contributed by atoms with Crippen LogP contribution < -0.4 is 5.32 Å². The number of piperazine rings is 1. The molecule has 3 fully saturated rings. The van der Waals surface area contributed by atoms with Crippen molar-refractivity contribution in [3.05, 3.63) is 0 Å². The van der Waals surface area contributed by atoms with Crippen LogP contribution >= 0.6 is 24.0 Å². The van der Waals surface area contributed by atoms with E-state index in [2.05, 4.69) is 17.1 Å². The van der Waals surface area contributed by atoms with E-state index in [1.54, 1.807) is 0 Å². The molecule has 162 valence electrons. The van der Waals surface area contributed by atoms with Crippen LogP contribution in [0.15, 0.2) is 4.99 Å². The predicted octanol–water partition coefficient (Wildman–Crippen LogP) is 0.682. The number of nitrogens with one attached hydrogen (secondary N) is 1. The van der Waals surface area contributed by atoms with Gasteiger partial charge in [-0.05, 0) is 32.6 Å². The quantitative estimate of drug-likeness (QED) is 0.322. The van der Waals surface area contributed by atoms with E-state index in [1.165, 1.54) is 0 Å². The molecule has 3 saturated heterocycles. The Hall–Kier alpha value is -0.650. The van der Waals surface area contributed by atoms with Gasteiger partial charge in [-0.15, -0.1) is 24.0 Å². The molecular formula is C19H35IN4O4. The molecule has 0 aromatic heterocycles. The Morgan fingerprint density at radius 3 is 2.43 bits per heavy atom. The molecule has 3 heterocycles. The van der Waals surface area contributed by atoms with Gasteiger partial charge in [0.2, 0.25) is 0 Å². The minimum absolute atomic E-state index is 0. The molecule has 0 aromatic carbocycles. The van der Waals surface area contributed by atoms with Crippen molar-refractivity contribution in [2.75, 3.05) is 65.7 Å².